The molecular weight excluding hydrogens is 570 g/mol. The van der Waals surface area contributed by atoms with Crippen molar-refractivity contribution in [2.45, 2.75) is 31.5 Å². The number of anilines is 3. The standard InChI is InChI=1S/C36H33N3O4S/c1-25-9-13-28(14-10-25)35-38(24-27-7-5-4-6-8-27)34-22-21-32(44(41,42)37-29-15-19-31(43-3)20-16-29)23-33(34)36(40)39(35)30-17-11-26(2)12-18-30/h4-23,35,37H,24H2,1-3H3/t35-/m1/s1. The van der Waals surface area contributed by atoms with Gasteiger partial charge in [0.15, 0.2) is 0 Å². The van der Waals surface area contributed by atoms with Crippen LogP contribution in [0.3, 0.4) is 0 Å². The van der Waals surface area contributed by atoms with Crippen LogP contribution >= 0.6 is 0 Å². The second-order valence-corrected chi connectivity index (χ2v) is 12.6. The third-order valence-electron chi connectivity index (χ3n) is 7.80. The fraction of sp³-hybridized carbons (Fsp3) is 0.139. The third kappa shape index (κ3) is 5.76. The van der Waals surface area contributed by atoms with Crippen molar-refractivity contribution in [3.8, 4) is 5.75 Å². The number of ether oxygens (including phenoxy) is 1. The summed E-state index contributed by atoms with van der Waals surface area (Å²) >= 11 is 0. The summed E-state index contributed by atoms with van der Waals surface area (Å²) in [5.41, 5.74) is 6.28. The molecule has 44 heavy (non-hydrogen) atoms. The maximum atomic E-state index is 14.5. The molecule has 1 heterocycles. The number of rotatable bonds is 8. The van der Waals surface area contributed by atoms with Crippen molar-refractivity contribution in [2.24, 2.45) is 0 Å². The average Bonchev–Trinajstić information content (AvgIpc) is 3.04. The molecule has 1 atom stereocenters. The van der Waals surface area contributed by atoms with Gasteiger partial charge < -0.3 is 9.64 Å². The lowest BCUT2D eigenvalue weighted by molar-refractivity contribution is 0.0968. The first-order chi connectivity index (χ1) is 21.2. The van der Waals surface area contributed by atoms with Gasteiger partial charge in [0.2, 0.25) is 0 Å². The fourth-order valence-electron chi connectivity index (χ4n) is 5.47. The molecular formula is C36H33N3O4S. The Hall–Kier alpha value is -5.08. The highest BCUT2D eigenvalue weighted by atomic mass is 32.2. The Morgan fingerprint density at radius 2 is 1.41 bits per heavy atom. The number of benzene rings is 5. The fourth-order valence-corrected chi connectivity index (χ4v) is 6.56. The smallest absolute Gasteiger partial charge is 0.262 e. The van der Waals surface area contributed by atoms with Crippen molar-refractivity contribution < 1.29 is 17.9 Å². The lowest BCUT2D eigenvalue weighted by Crippen LogP contribution is -2.49. The lowest BCUT2D eigenvalue weighted by Gasteiger charge is -2.46. The van der Waals surface area contributed by atoms with E-state index in [0.717, 1.165) is 27.9 Å². The Morgan fingerprint density at radius 1 is 0.773 bits per heavy atom. The van der Waals surface area contributed by atoms with Gasteiger partial charge in [-0.1, -0.05) is 77.9 Å². The molecule has 1 aliphatic heterocycles. The van der Waals surface area contributed by atoms with Gasteiger partial charge in [0.1, 0.15) is 11.9 Å². The van der Waals surface area contributed by atoms with Crippen LogP contribution in [0.4, 0.5) is 17.1 Å². The highest BCUT2D eigenvalue weighted by Crippen LogP contribution is 2.43. The molecule has 222 valence electrons. The number of hydrogen-bond acceptors (Lipinski definition) is 5. The Bertz CT molecular complexity index is 1890. The molecule has 0 aromatic heterocycles. The summed E-state index contributed by atoms with van der Waals surface area (Å²) in [6.07, 6.45) is -0.474. The number of aryl methyl sites for hydroxylation is 2. The van der Waals surface area contributed by atoms with E-state index >= 15 is 0 Å². The van der Waals surface area contributed by atoms with Gasteiger partial charge in [-0.05, 0) is 79.6 Å². The molecule has 0 radical (unpaired) electrons. The number of nitrogens with one attached hydrogen (secondary N) is 1. The number of fused-ring (bicyclic) bond motifs is 1. The van der Waals surface area contributed by atoms with Gasteiger partial charge in [0.25, 0.3) is 15.9 Å². The van der Waals surface area contributed by atoms with E-state index in [1.165, 1.54) is 6.07 Å². The van der Waals surface area contributed by atoms with Crippen molar-refractivity contribution >= 4 is 33.0 Å². The molecule has 0 aliphatic carbocycles. The van der Waals surface area contributed by atoms with E-state index in [0.29, 0.717) is 29.2 Å². The van der Waals surface area contributed by atoms with E-state index in [1.54, 1.807) is 48.4 Å². The molecule has 0 bridgehead atoms. The normalized spacial score (nSPS) is 14.7. The molecule has 1 N–H and O–H groups in total. The molecule has 5 aromatic rings. The zero-order valence-corrected chi connectivity index (χ0v) is 25.6. The lowest BCUT2D eigenvalue weighted by atomic mass is 9.98. The predicted octanol–water partition coefficient (Wildman–Crippen LogP) is 7.48. The second kappa shape index (κ2) is 11.9. The van der Waals surface area contributed by atoms with Gasteiger partial charge in [0, 0.05) is 17.9 Å². The van der Waals surface area contributed by atoms with Crippen molar-refractivity contribution in [2.75, 3.05) is 21.6 Å². The number of amides is 1. The average molecular weight is 604 g/mol. The minimum atomic E-state index is -4.00. The van der Waals surface area contributed by atoms with Gasteiger partial charge in [-0.2, -0.15) is 0 Å². The summed E-state index contributed by atoms with van der Waals surface area (Å²) in [5, 5.41) is 0. The van der Waals surface area contributed by atoms with E-state index < -0.39 is 16.2 Å². The molecule has 8 heteroatoms. The Balaban J connectivity index is 1.50. The molecule has 0 saturated heterocycles. The maximum absolute atomic E-state index is 14.5. The van der Waals surface area contributed by atoms with Gasteiger partial charge in [-0.25, -0.2) is 8.42 Å². The summed E-state index contributed by atoms with van der Waals surface area (Å²) in [4.78, 5) is 18.5. The predicted molar refractivity (Wildman–Crippen MR) is 175 cm³/mol. The second-order valence-electron chi connectivity index (χ2n) is 10.9. The molecule has 0 spiro atoms. The van der Waals surface area contributed by atoms with Crippen LogP contribution in [0.5, 0.6) is 5.75 Å². The van der Waals surface area contributed by atoms with Crippen LogP contribution in [-0.4, -0.2) is 21.4 Å². The molecule has 0 fully saturated rings. The topological polar surface area (TPSA) is 78.9 Å². The molecule has 0 saturated carbocycles. The van der Waals surface area contributed by atoms with Crippen molar-refractivity contribution in [3.63, 3.8) is 0 Å². The third-order valence-corrected chi connectivity index (χ3v) is 9.18. The number of nitrogens with zero attached hydrogens (tertiary/aromatic N) is 2. The summed E-state index contributed by atoms with van der Waals surface area (Å²) in [5.74, 6) is 0.338. The van der Waals surface area contributed by atoms with Crippen LogP contribution < -0.4 is 19.3 Å². The quantitative estimate of drug-likeness (QED) is 0.199. The molecule has 7 nitrogen and oxygen atoms in total. The summed E-state index contributed by atoms with van der Waals surface area (Å²) in [6.45, 7) is 4.54. The van der Waals surface area contributed by atoms with Crippen LogP contribution in [-0.2, 0) is 16.6 Å². The van der Waals surface area contributed by atoms with Crippen molar-refractivity contribution in [3.05, 3.63) is 149 Å². The van der Waals surface area contributed by atoms with Gasteiger partial charge >= 0.3 is 0 Å². The van der Waals surface area contributed by atoms with E-state index in [4.69, 9.17) is 4.74 Å². The minimum Gasteiger partial charge on any atom is -0.497 e. The molecule has 5 aromatic carbocycles. The van der Waals surface area contributed by atoms with Crippen molar-refractivity contribution in [1.82, 2.24) is 0 Å². The van der Waals surface area contributed by atoms with Crippen molar-refractivity contribution in [1.29, 1.82) is 0 Å². The van der Waals surface area contributed by atoms with Gasteiger partial charge in [-0.3, -0.25) is 14.4 Å². The van der Waals surface area contributed by atoms with Crippen LogP contribution in [0.2, 0.25) is 0 Å². The maximum Gasteiger partial charge on any atom is 0.262 e. The SMILES string of the molecule is COc1ccc(NS(=O)(=O)c2ccc3c(c2)C(=O)N(c2ccc(C)cc2)[C@H](c2ccc(C)cc2)N3Cc2ccccc2)cc1. The van der Waals surface area contributed by atoms with E-state index in [-0.39, 0.29) is 10.8 Å². The molecule has 1 amide bonds. The largest absolute Gasteiger partial charge is 0.497 e. The Labute approximate surface area is 258 Å². The Morgan fingerprint density at radius 3 is 2.05 bits per heavy atom. The van der Waals surface area contributed by atoms with E-state index in [9.17, 15) is 13.2 Å². The number of sulfonamides is 1. The monoisotopic (exact) mass is 603 g/mol. The first-order valence-electron chi connectivity index (χ1n) is 14.3. The van der Waals surface area contributed by atoms with Crippen LogP contribution in [0.15, 0.2) is 126 Å². The zero-order valence-electron chi connectivity index (χ0n) is 24.8. The molecule has 6 rings (SSSR count). The van der Waals surface area contributed by atoms with E-state index in [1.807, 2.05) is 68.4 Å². The first-order valence-corrected chi connectivity index (χ1v) is 15.8. The Kier molecular flexibility index (Phi) is 7.84. The highest BCUT2D eigenvalue weighted by Gasteiger charge is 2.40. The minimum absolute atomic E-state index is 0.00211. The van der Waals surface area contributed by atoms with Crippen LogP contribution in [0, 0.1) is 13.8 Å². The summed E-state index contributed by atoms with van der Waals surface area (Å²) in [6, 6.07) is 37.5. The zero-order chi connectivity index (χ0) is 30.8. The molecule has 0 unspecified atom stereocenters. The first kappa shape index (κ1) is 29.0. The summed E-state index contributed by atoms with van der Waals surface area (Å²) in [7, 11) is -2.46. The highest BCUT2D eigenvalue weighted by molar-refractivity contribution is 7.92. The van der Waals surface area contributed by atoms with Gasteiger partial charge in [-0.15, -0.1) is 0 Å². The van der Waals surface area contributed by atoms with Crippen LogP contribution in [0.1, 0.15) is 38.8 Å². The number of hydrogen-bond donors (Lipinski definition) is 1. The number of methoxy groups -OCH3 is 1. The molecule has 1 aliphatic rings. The van der Waals surface area contributed by atoms with Crippen LogP contribution in [0.25, 0.3) is 0 Å². The number of carbonyl (C=O) groups is 1. The van der Waals surface area contributed by atoms with Gasteiger partial charge in [0.05, 0.1) is 23.3 Å². The van der Waals surface area contributed by atoms with E-state index in [2.05, 4.69) is 33.9 Å². The number of carbonyl (C=O) groups excluding carboxylic acids is 1. The summed E-state index contributed by atoms with van der Waals surface area (Å²) < 4.78 is 34.9.